The molecule has 8 rings (SSSR count). The standard InChI is InChI=1S/C50H47N3O10/c1-51(32-34-13-6-3-7-14-34)26-12-15-33-20-25-40-39(31-33)50(48(58)52(40)49(59)62-30-29-60-2)41(46(55)56)43-47(57)63-44(36-18-10-5-11-19-36)42(35-16-8-4-9-17-35)53(43)45(50)37-21-23-38(24-22-37)61-28-27-54/h3-11,13-14,16-25,31,41-45,54H,26-30,32H2,1-2H3,(H,55,56)/t41-,42-,43-,44+,45+,50-/m0/s1. The van der Waals surface area contributed by atoms with Gasteiger partial charge in [0, 0.05) is 19.2 Å². The van der Waals surface area contributed by atoms with Crippen molar-refractivity contribution >= 4 is 29.6 Å². The summed E-state index contributed by atoms with van der Waals surface area (Å²) in [5.41, 5.74) is 1.59. The zero-order valence-electron chi connectivity index (χ0n) is 34.8. The van der Waals surface area contributed by atoms with Crippen molar-refractivity contribution in [3.8, 4) is 17.6 Å². The highest BCUT2D eigenvalue weighted by molar-refractivity contribution is 6.23. The lowest BCUT2D eigenvalue weighted by molar-refractivity contribution is -0.179. The minimum Gasteiger partial charge on any atom is -0.491 e. The molecule has 6 atom stereocenters. The van der Waals surface area contributed by atoms with Gasteiger partial charge in [0.1, 0.15) is 42.4 Å². The maximum absolute atomic E-state index is 15.9. The van der Waals surface area contributed by atoms with Crippen LogP contribution in [0.25, 0.3) is 0 Å². The van der Waals surface area contributed by atoms with E-state index in [1.807, 2.05) is 98.0 Å². The minimum atomic E-state index is -2.14. The first-order valence-electron chi connectivity index (χ1n) is 20.7. The van der Waals surface area contributed by atoms with Gasteiger partial charge in [-0.15, -0.1) is 0 Å². The fraction of sp³-hybridized carbons (Fsp3) is 0.280. The van der Waals surface area contributed by atoms with Crippen LogP contribution in [0.2, 0.25) is 0 Å². The van der Waals surface area contributed by atoms with E-state index in [0.717, 1.165) is 10.5 Å². The van der Waals surface area contributed by atoms with Crippen LogP contribution in [-0.2, 0) is 40.6 Å². The molecular weight excluding hydrogens is 803 g/mol. The van der Waals surface area contributed by atoms with Gasteiger partial charge in [0.2, 0.25) is 5.91 Å². The SMILES string of the molecule is COCCOC(=O)N1C(=O)[C@@]2(c3cc(C#CCN(C)Cc4ccccc4)ccc31)[C@H](C(=O)O)[C@H]1C(=O)O[C@H](c3ccccc3)[C@H](c3ccccc3)N1[C@@H]2c1ccc(OCCO)cc1. The summed E-state index contributed by atoms with van der Waals surface area (Å²) in [6, 6.07) is 36.6. The molecule has 3 aliphatic heterocycles. The first-order valence-corrected chi connectivity index (χ1v) is 20.7. The third-order valence-electron chi connectivity index (χ3n) is 11.9. The number of imide groups is 1. The third kappa shape index (κ3) is 8.06. The molecule has 2 N–H and O–H groups in total. The number of hydrogen-bond acceptors (Lipinski definition) is 11. The van der Waals surface area contributed by atoms with Gasteiger partial charge >= 0.3 is 18.0 Å². The molecule has 5 aromatic rings. The number of morpholine rings is 1. The Morgan fingerprint density at radius 2 is 1.48 bits per heavy atom. The Kier molecular flexibility index (Phi) is 12.7. The predicted octanol–water partition coefficient (Wildman–Crippen LogP) is 6.07. The number of amides is 2. The van der Waals surface area contributed by atoms with E-state index in [1.165, 1.54) is 7.11 Å². The van der Waals surface area contributed by atoms with Gasteiger partial charge in [0.05, 0.1) is 37.5 Å². The van der Waals surface area contributed by atoms with Crippen LogP contribution in [0.4, 0.5) is 10.5 Å². The number of cyclic esters (lactones) is 1. The number of methoxy groups -OCH3 is 1. The van der Waals surface area contributed by atoms with E-state index in [2.05, 4.69) is 16.7 Å². The second-order valence-electron chi connectivity index (χ2n) is 15.7. The zero-order chi connectivity index (χ0) is 44.1. The van der Waals surface area contributed by atoms with Gasteiger partial charge in [-0.1, -0.05) is 115 Å². The van der Waals surface area contributed by atoms with Crippen LogP contribution < -0.4 is 9.64 Å². The summed E-state index contributed by atoms with van der Waals surface area (Å²) >= 11 is 0. The summed E-state index contributed by atoms with van der Waals surface area (Å²) in [6.07, 6.45) is -1.96. The molecule has 5 aromatic carbocycles. The van der Waals surface area contributed by atoms with Crippen molar-refractivity contribution in [2.24, 2.45) is 5.92 Å². The fourth-order valence-electron chi connectivity index (χ4n) is 9.36. The summed E-state index contributed by atoms with van der Waals surface area (Å²) < 4.78 is 22.8. The van der Waals surface area contributed by atoms with Crippen LogP contribution in [0.15, 0.2) is 133 Å². The lowest BCUT2D eigenvalue weighted by Gasteiger charge is -2.46. The van der Waals surface area contributed by atoms with Gasteiger partial charge < -0.3 is 29.2 Å². The number of carbonyl (C=O) groups excluding carboxylic acids is 3. The number of rotatable bonds is 13. The summed E-state index contributed by atoms with van der Waals surface area (Å²) in [6.45, 7) is 0.717. The van der Waals surface area contributed by atoms with Crippen molar-refractivity contribution in [3.05, 3.63) is 167 Å². The number of esters is 1. The van der Waals surface area contributed by atoms with Gasteiger partial charge in [0.15, 0.2) is 0 Å². The lowest BCUT2D eigenvalue weighted by atomic mass is 9.65. The Labute approximate surface area is 365 Å². The van der Waals surface area contributed by atoms with Crippen molar-refractivity contribution < 1.29 is 48.3 Å². The average Bonchev–Trinajstić information content (AvgIpc) is 3.76. The number of nitrogens with zero attached hydrogens (tertiary/aromatic N) is 3. The van der Waals surface area contributed by atoms with Crippen LogP contribution >= 0.6 is 0 Å². The molecule has 2 amide bonds. The summed E-state index contributed by atoms with van der Waals surface area (Å²) in [4.78, 5) is 63.8. The second kappa shape index (κ2) is 18.7. The number of aliphatic hydroxyl groups is 1. The highest BCUT2D eigenvalue weighted by atomic mass is 16.6. The molecule has 2 saturated heterocycles. The first-order chi connectivity index (χ1) is 30.7. The number of aliphatic carboxylic acids is 1. The van der Waals surface area contributed by atoms with Gasteiger partial charge in [0.25, 0.3) is 0 Å². The van der Waals surface area contributed by atoms with E-state index in [1.54, 1.807) is 47.4 Å². The molecule has 63 heavy (non-hydrogen) atoms. The van der Waals surface area contributed by atoms with E-state index in [0.29, 0.717) is 41.1 Å². The molecule has 2 fully saturated rings. The maximum atomic E-state index is 15.9. The van der Waals surface area contributed by atoms with Crippen molar-refractivity contribution in [2.75, 3.05) is 52.0 Å². The molecule has 3 heterocycles. The number of carboxylic acids is 1. The van der Waals surface area contributed by atoms with Crippen molar-refractivity contribution in [1.82, 2.24) is 9.80 Å². The van der Waals surface area contributed by atoms with Gasteiger partial charge in [-0.3, -0.25) is 24.2 Å². The number of aliphatic hydroxyl groups excluding tert-OH is 1. The number of hydrogen-bond donors (Lipinski definition) is 2. The van der Waals surface area contributed by atoms with E-state index >= 15 is 4.79 Å². The zero-order valence-corrected chi connectivity index (χ0v) is 34.8. The van der Waals surface area contributed by atoms with Gasteiger partial charge in [-0.25, -0.2) is 9.69 Å². The number of benzene rings is 5. The molecule has 0 saturated carbocycles. The monoisotopic (exact) mass is 849 g/mol. The van der Waals surface area contributed by atoms with E-state index in [4.69, 9.17) is 18.9 Å². The highest BCUT2D eigenvalue weighted by Gasteiger charge is 2.76. The number of carboxylic acid groups (broad SMARTS) is 1. The molecule has 322 valence electrons. The quantitative estimate of drug-likeness (QED) is 0.0803. The molecule has 0 unspecified atom stereocenters. The van der Waals surface area contributed by atoms with Crippen molar-refractivity contribution in [3.63, 3.8) is 0 Å². The summed E-state index contributed by atoms with van der Waals surface area (Å²) in [7, 11) is 3.40. The molecule has 0 aliphatic carbocycles. The van der Waals surface area contributed by atoms with Crippen LogP contribution in [0.3, 0.4) is 0 Å². The average molecular weight is 850 g/mol. The maximum Gasteiger partial charge on any atom is 0.421 e. The highest BCUT2D eigenvalue weighted by Crippen LogP contribution is 2.66. The molecule has 1 spiro atoms. The Morgan fingerprint density at radius 3 is 2.13 bits per heavy atom. The summed E-state index contributed by atoms with van der Waals surface area (Å²) in [5, 5.41) is 21.0. The van der Waals surface area contributed by atoms with E-state index in [9.17, 15) is 24.6 Å². The van der Waals surface area contributed by atoms with Crippen LogP contribution in [-0.4, -0.2) is 97.1 Å². The predicted molar refractivity (Wildman–Crippen MR) is 231 cm³/mol. The van der Waals surface area contributed by atoms with Crippen LogP contribution in [0.1, 0.15) is 51.6 Å². The van der Waals surface area contributed by atoms with Crippen LogP contribution in [0, 0.1) is 17.8 Å². The Bertz CT molecular complexity index is 2510. The Hall–Kier alpha value is -6.82. The molecule has 0 bridgehead atoms. The molecule has 3 aliphatic rings. The Balaban J connectivity index is 1.35. The van der Waals surface area contributed by atoms with Crippen LogP contribution in [0.5, 0.6) is 5.75 Å². The van der Waals surface area contributed by atoms with E-state index < -0.39 is 59.5 Å². The number of ether oxygens (including phenoxy) is 4. The number of carbonyl (C=O) groups is 4. The molecular formula is C50H47N3O10. The Morgan fingerprint density at radius 1 is 0.810 bits per heavy atom. The van der Waals surface area contributed by atoms with E-state index in [-0.39, 0.29) is 37.7 Å². The topological polar surface area (TPSA) is 155 Å². The lowest BCUT2D eigenvalue weighted by Crippen LogP contribution is -2.53. The third-order valence-corrected chi connectivity index (χ3v) is 11.9. The molecule has 13 heteroatoms. The molecule has 0 aromatic heterocycles. The normalized spacial score (nSPS) is 22.5. The summed E-state index contributed by atoms with van der Waals surface area (Å²) in [5.74, 6) is 1.92. The number of anilines is 1. The van der Waals surface area contributed by atoms with Gasteiger partial charge in [-0.05, 0) is 65.2 Å². The molecule has 0 radical (unpaired) electrons. The van der Waals surface area contributed by atoms with Crippen molar-refractivity contribution in [1.29, 1.82) is 0 Å². The fourth-order valence-corrected chi connectivity index (χ4v) is 9.36. The number of fused-ring (bicyclic) bond motifs is 3. The molecule has 13 nitrogen and oxygen atoms in total. The van der Waals surface area contributed by atoms with Crippen molar-refractivity contribution in [2.45, 2.75) is 36.2 Å². The second-order valence-corrected chi connectivity index (χ2v) is 15.7. The van der Waals surface area contributed by atoms with Gasteiger partial charge in [-0.2, -0.15) is 0 Å². The largest absolute Gasteiger partial charge is 0.491 e. The smallest absolute Gasteiger partial charge is 0.421 e. The first kappa shape index (κ1) is 42.9. The minimum absolute atomic E-state index is 0.0283.